The monoisotopic (exact) mass is 186 g/mol. The van der Waals surface area contributed by atoms with Crippen molar-refractivity contribution < 1.29 is 9.90 Å². The van der Waals surface area contributed by atoms with Crippen LogP contribution in [-0.4, -0.2) is 21.6 Å². The number of aliphatic carboxylic acids is 1. The van der Waals surface area contributed by atoms with Crippen LogP contribution in [0.4, 0.5) is 0 Å². The highest BCUT2D eigenvalue weighted by Gasteiger charge is 2.26. The number of thioether (sulfide) groups is 1. The first-order valence-corrected chi connectivity index (χ1v) is 4.76. The molecule has 0 unspecified atom stereocenters. The molecule has 0 spiro atoms. The molecular weight excluding hydrogens is 172 g/mol. The molecule has 0 aromatic carbocycles. The van der Waals surface area contributed by atoms with E-state index in [1.165, 1.54) is 11.8 Å². The Balaban J connectivity index is 3.74. The molecule has 3 heteroatoms. The van der Waals surface area contributed by atoms with E-state index < -0.39 is 10.7 Å². The Hall–Kier alpha value is -0.620. The minimum Gasteiger partial charge on any atom is -0.480 e. The lowest BCUT2D eigenvalue weighted by Gasteiger charge is -2.17. The standard InChI is InChI=1S/C9H14O2S/c1-4-5-6-7-12-9(2,3)8(10)11/h6-7H2,1-3H3,(H,10,11). The van der Waals surface area contributed by atoms with E-state index in [-0.39, 0.29) is 0 Å². The molecule has 0 aliphatic heterocycles. The molecule has 0 aliphatic carbocycles. The normalized spacial score (nSPS) is 10.2. The van der Waals surface area contributed by atoms with Gasteiger partial charge in [0.2, 0.25) is 0 Å². The Bertz CT molecular complexity index is 210. The molecule has 12 heavy (non-hydrogen) atoms. The van der Waals surface area contributed by atoms with E-state index in [2.05, 4.69) is 11.8 Å². The van der Waals surface area contributed by atoms with Crippen LogP contribution >= 0.6 is 11.8 Å². The summed E-state index contributed by atoms with van der Waals surface area (Å²) in [7, 11) is 0. The fourth-order valence-electron chi connectivity index (χ4n) is 0.544. The van der Waals surface area contributed by atoms with E-state index in [1.54, 1.807) is 20.8 Å². The van der Waals surface area contributed by atoms with E-state index in [0.717, 1.165) is 12.2 Å². The molecule has 0 saturated heterocycles. The number of rotatable bonds is 4. The van der Waals surface area contributed by atoms with Gasteiger partial charge in [-0.3, -0.25) is 4.79 Å². The molecule has 0 bridgehead atoms. The van der Waals surface area contributed by atoms with E-state index in [1.807, 2.05) is 0 Å². The average Bonchev–Trinajstić information content (AvgIpc) is 1.98. The zero-order valence-corrected chi connectivity index (χ0v) is 8.49. The Labute approximate surface area is 77.7 Å². The van der Waals surface area contributed by atoms with Crippen molar-refractivity contribution in [2.24, 2.45) is 0 Å². The number of carboxylic acids is 1. The Morgan fingerprint density at radius 3 is 2.58 bits per heavy atom. The topological polar surface area (TPSA) is 37.3 Å². The van der Waals surface area contributed by atoms with Crippen molar-refractivity contribution in [2.45, 2.75) is 31.9 Å². The van der Waals surface area contributed by atoms with Crippen LogP contribution in [0.2, 0.25) is 0 Å². The summed E-state index contributed by atoms with van der Waals surface area (Å²) in [5.41, 5.74) is 0. The predicted molar refractivity (Wildman–Crippen MR) is 52.2 cm³/mol. The van der Waals surface area contributed by atoms with Crippen LogP contribution in [0.3, 0.4) is 0 Å². The van der Waals surface area contributed by atoms with Crippen molar-refractivity contribution in [1.82, 2.24) is 0 Å². The van der Waals surface area contributed by atoms with Crippen LogP contribution in [0, 0.1) is 11.8 Å². The van der Waals surface area contributed by atoms with Crippen molar-refractivity contribution in [1.29, 1.82) is 0 Å². The SMILES string of the molecule is CC#CCCSC(C)(C)C(=O)O. The Morgan fingerprint density at radius 2 is 2.17 bits per heavy atom. The first-order valence-electron chi connectivity index (χ1n) is 3.77. The van der Waals surface area contributed by atoms with Gasteiger partial charge in [-0.05, 0) is 20.8 Å². The van der Waals surface area contributed by atoms with Crippen LogP contribution in [0.5, 0.6) is 0 Å². The van der Waals surface area contributed by atoms with Gasteiger partial charge in [-0.2, -0.15) is 0 Å². The molecule has 0 heterocycles. The van der Waals surface area contributed by atoms with Gasteiger partial charge in [-0.1, -0.05) is 0 Å². The number of hydrogen-bond donors (Lipinski definition) is 1. The molecule has 0 atom stereocenters. The fourth-order valence-corrected chi connectivity index (χ4v) is 1.38. The highest BCUT2D eigenvalue weighted by atomic mass is 32.2. The second-order valence-electron chi connectivity index (χ2n) is 2.84. The molecule has 68 valence electrons. The number of carboxylic acid groups (broad SMARTS) is 1. The van der Waals surface area contributed by atoms with E-state index >= 15 is 0 Å². The van der Waals surface area contributed by atoms with Gasteiger partial charge in [0.05, 0.1) is 0 Å². The lowest BCUT2D eigenvalue weighted by molar-refractivity contribution is -0.138. The number of carbonyl (C=O) groups is 1. The predicted octanol–water partition coefficient (Wildman–Crippen LogP) is 2.00. The summed E-state index contributed by atoms with van der Waals surface area (Å²) in [5.74, 6) is 5.68. The van der Waals surface area contributed by atoms with E-state index in [9.17, 15) is 4.79 Å². The number of hydrogen-bond acceptors (Lipinski definition) is 2. The molecule has 0 aliphatic rings. The summed E-state index contributed by atoms with van der Waals surface area (Å²) >= 11 is 1.42. The van der Waals surface area contributed by atoms with Crippen molar-refractivity contribution >= 4 is 17.7 Å². The zero-order valence-electron chi connectivity index (χ0n) is 7.68. The lowest BCUT2D eigenvalue weighted by Crippen LogP contribution is -2.27. The lowest BCUT2D eigenvalue weighted by atomic mass is 10.2. The van der Waals surface area contributed by atoms with Gasteiger partial charge >= 0.3 is 5.97 Å². The maximum Gasteiger partial charge on any atom is 0.319 e. The molecule has 0 aromatic heterocycles. The van der Waals surface area contributed by atoms with Crippen molar-refractivity contribution in [3.05, 3.63) is 0 Å². The molecule has 2 nitrogen and oxygen atoms in total. The minimum atomic E-state index is -0.767. The molecule has 0 radical (unpaired) electrons. The van der Waals surface area contributed by atoms with Crippen LogP contribution in [0.1, 0.15) is 27.2 Å². The summed E-state index contributed by atoms with van der Waals surface area (Å²) in [6.07, 6.45) is 0.762. The fraction of sp³-hybridized carbons (Fsp3) is 0.667. The third-order valence-corrected chi connectivity index (χ3v) is 2.69. The molecule has 0 fully saturated rings. The summed E-state index contributed by atoms with van der Waals surface area (Å²) < 4.78 is -0.685. The molecule has 1 N–H and O–H groups in total. The summed E-state index contributed by atoms with van der Waals surface area (Å²) in [6.45, 7) is 5.20. The minimum absolute atomic E-state index is 0.685. The van der Waals surface area contributed by atoms with Crippen LogP contribution in [0.15, 0.2) is 0 Å². The summed E-state index contributed by atoms with van der Waals surface area (Å²) in [5, 5.41) is 8.74. The van der Waals surface area contributed by atoms with Crippen LogP contribution in [-0.2, 0) is 4.79 Å². The van der Waals surface area contributed by atoms with Gasteiger partial charge in [0.25, 0.3) is 0 Å². The van der Waals surface area contributed by atoms with E-state index in [0.29, 0.717) is 0 Å². The van der Waals surface area contributed by atoms with Crippen molar-refractivity contribution in [3.63, 3.8) is 0 Å². The highest BCUT2D eigenvalue weighted by Crippen LogP contribution is 2.24. The first kappa shape index (κ1) is 11.4. The van der Waals surface area contributed by atoms with Crippen LogP contribution < -0.4 is 0 Å². The largest absolute Gasteiger partial charge is 0.480 e. The van der Waals surface area contributed by atoms with Gasteiger partial charge in [0.15, 0.2) is 0 Å². The maximum atomic E-state index is 10.6. The van der Waals surface area contributed by atoms with Crippen molar-refractivity contribution in [2.75, 3.05) is 5.75 Å². The van der Waals surface area contributed by atoms with Gasteiger partial charge in [-0.25, -0.2) is 0 Å². The summed E-state index contributed by atoms with van der Waals surface area (Å²) in [6, 6.07) is 0. The molecule has 0 aromatic rings. The van der Waals surface area contributed by atoms with Crippen molar-refractivity contribution in [3.8, 4) is 11.8 Å². The van der Waals surface area contributed by atoms with Gasteiger partial charge < -0.3 is 5.11 Å². The molecule has 0 amide bonds. The molecule has 0 saturated carbocycles. The van der Waals surface area contributed by atoms with Crippen LogP contribution in [0.25, 0.3) is 0 Å². The van der Waals surface area contributed by atoms with Gasteiger partial charge in [-0.15, -0.1) is 23.6 Å². The molecular formula is C9H14O2S. The first-order chi connectivity index (χ1) is 5.50. The highest BCUT2D eigenvalue weighted by molar-refractivity contribution is 8.01. The maximum absolute atomic E-state index is 10.6. The smallest absolute Gasteiger partial charge is 0.319 e. The third-order valence-electron chi connectivity index (χ3n) is 1.38. The third kappa shape index (κ3) is 4.30. The Morgan fingerprint density at radius 1 is 1.58 bits per heavy atom. The van der Waals surface area contributed by atoms with Gasteiger partial charge in [0.1, 0.15) is 4.75 Å². The second kappa shape index (κ2) is 5.10. The quantitative estimate of drug-likeness (QED) is 0.539. The summed E-state index contributed by atoms with van der Waals surface area (Å²) in [4.78, 5) is 10.6. The zero-order chi connectivity index (χ0) is 9.61. The van der Waals surface area contributed by atoms with Gasteiger partial charge in [0, 0.05) is 12.2 Å². The second-order valence-corrected chi connectivity index (χ2v) is 4.56. The average molecular weight is 186 g/mol. The van der Waals surface area contributed by atoms with E-state index in [4.69, 9.17) is 5.11 Å². The Kier molecular flexibility index (Phi) is 4.84. The molecule has 0 rings (SSSR count).